The van der Waals surface area contributed by atoms with Crippen molar-refractivity contribution < 1.29 is 27.0 Å². The maximum Gasteiger partial charge on any atom is 0.251 e. The van der Waals surface area contributed by atoms with Crippen molar-refractivity contribution in [3.05, 3.63) is 124 Å². The number of carbonyl (C=O) groups is 2. The minimum atomic E-state index is -4.41. The van der Waals surface area contributed by atoms with Gasteiger partial charge in [0.1, 0.15) is 11.3 Å². The van der Waals surface area contributed by atoms with Crippen molar-refractivity contribution >= 4 is 54.5 Å². The number of hydrogen-bond acceptors (Lipinski definition) is 6. The average Bonchev–Trinajstić information content (AvgIpc) is 3.41. The Labute approximate surface area is 251 Å². The maximum atomic E-state index is 13.6. The monoisotopic (exact) mass is 645 g/mol. The molecule has 42 heavy (non-hydrogen) atoms. The first kappa shape index (κ1) is 29.2. The van der Waals surface area contributed by atoms with Crippen LogP contribution in [0.2, 0.25) is 0 Å². The van der Waals surface area contributed by atoms with Gasteiger partial charge in [-0.05, 0) is 78.2 Å². The molecule has 1 aromatic heterocycles. The highest BCUT2D eigenvalue weighted by Crippen LogP contribution is 2.29. The Morgan fingerprint density at radius 1 is 0.881 bits per heavy atom. The number of para-hydroxylation sites is 1. The lowest BCUT2D eigenvalue weighted by atomic mass is 9.90. The third-order valence-electron chi connectivity index (χ3n) is 6.74. The SMILES string of the molecule is O=C(NCCS(=O)(=O)[O-])c1ccc(CC(C(=O)Nc2ccc(-c3cc4ccccc4o3)cc2)c2ccc(Br)cc2)cc1. The van der Waals surface area contributed by atoms with Gasteiger partial charge in [0.15, 0.2) is 0 Å². The fraction of sp³-hybridized carbons (Fsp3) is 0.125. The molecule has 0 fully saturated rings. The topological polar surface area (TPSA) is 129 Å². The van der Waals surface area contributed by atoms with Gasteiger partial charge in [0.2, 0.25) is 5.91 Å². The highest BCUT2D eigenvalue weighted by Gasteiger charge is 2.22. The van der Waals surface area contributed by atoms with Gasteiger partial charge in [-0.3, -0.25) is 9.59 Å². The number of anilines is 1. The van der Waals surface area contributed by atoms with Crippen LogP contribution >= 0.6 is 15.9 Å². The van der Waals surface area contributed by atoms with Gasteiger partial charge in [-0.15, -0.1) is 0 Å². The second-order valence-corrected chi connectivity index (χ2v) is 12.2. The fourth-order valence-electron chi connectivity index (χ4n) is 4.55. The largest absolute Gasteiger partial charge is 0.748 e. The molecule has 0 aliphatic carbocycles. The van der Waals surface area contributed by atoms with E-state index in [1.54, 1.807) is 24.3 Å². The third-order valence-corrected chi connectivity index (χ3v) is 7.98. The number of rotatable bonds is 10. The van der Waals surface area contributed by atoms with Crippen LogP contribution in [0.5, 0.6) is 0 Å². The molecule has 0 bridgehead atoms. The molecule has 5 rings (SSSR count). The Morgan fingerprint density at radius 3 is 2.24 bits per heavy atom. The number of nitrogens with one attached hydrogen (secondary N) is 2. The van der Waals surface area contributed by atoms with E-state index in [1.165, 1.54) is 0 Å². The number of amides is 2. The van der Waals surface area contributed by atoms with E-state index in [1.807, 2.05) is 78.9 Å². The van der Waals surface area contributed by atoms with E-state index < -0.39 is 27.7 Å². The van der Waals surface area contributed by atoms with Gasteiger partial charge in [0.25, 0.3) is 5.91 Å². The van der Waals surface area contributed by atoms with Crippen molar-refractivity contribution in [1.82, 2.24) is 5.32 Å². The van der Waals surface area contributed by atoms with Crippen LogP contribution in [0.1, 0.15) is 27.4 Å². The molecule has 214 valence electrons. The average molecular weight is 647 g/mol. The molecule has 5 aromatic rings. The van der Waals surface area contributed by atoms with Crippen molar-refractivity contribution in [3.63, 3.8) is 0 Å². The van der Waals surface area contributed by atoms with Crippen molar-refractivity contribution in [2.75, 3.05) is 17.6 Å². The first-order chi connectivity index (χ1) is 20.1. The Morgan fingerprint density at radius 2 is 1.57 bits per heavy atom. The Bertz CT molecular complexity index is 1780. The van der Waals surface area contributed by atoms with E-state index in [0.29, 0.717) is 17.7 Å². The number of furan rings is 1. The van der Waals surface area contributed by atoms with Crippen LogP contribution in [-0.4, -0.2) is 37.1 Å². The summed E-state index contributed by atoms with van der Waals surface area (Å²) in [5.41, 5.74) is 4.33. The van der Waals surface area contributed by atoms with E-state index in [2.05, 4.69) is 26.6 Å². The summed E-state index contributed by atoms with van der Waals surface area (Å²) >= 11 is 3.44. The summed E-state index contributed by atoms with van der Waals surface area (Å²) in [6, 6.07) is 31.5. The van der Waals surface area contributed by atoms with Crippen LogP contribution in [0.25, 0.3) is 22.3 Å². The summed E-state index contributed by atoms with van der Waals surface area (Å²) in [4.78, 5) is 25.9. The third kappa shape index (κ3) is 7.52. The van der Waals surface area contributed by atoms with Gasteiger partial charge >= 0.3 is 0 Å². The summed E-state index contributed by atoms with van der Waals surface area (Å²) in [5, 5.41) is 6.47. The van der Waals surface area contributed by atoms with Gasteiger partial charge in [0, 0.05) is 33.2 Å². The van der Waals surface area contributed by atoms with Crippen LogP contribution in [0.3, 0.4) is 0 Å². The van der Waals surface area contributed by atoms with E-state index in [9.17, 15) is 22.6 Å². The van der Waals surface area contributed by atoms with Crippen molar-refractivity contribution in [2.24, 2.45) is 0 Å². The lowest BCUT2D eigenvalue weighted by Crippen LogP contribution is -2.29. The molecule has 0 saturated heterocycles. The highest BCUT2D eigenvalue weighted by atomic mass is 79.9. The molecular formula is C32H26BrN2O6S-. The smallest absolute Gasteiger partial charge is 0.251 e. The number of fused-ring (bicyclic) bond motifs is 1. The molecule has 0 spiro atoms. The minimum Gasteiger partial charge on any atom is -0.748 e. The minimum absolute atomic E-state index is 0.186. The van der Waals surface area contributed by atoms with Crippen molar-refractivity contribution in [2.45, 2.75) is 12.3 Å². The zero-order valence-electron chi connectivity index (χ0n) is 22.2. The van der Waals surface area contributed by atoms with Crippen molar-refractivity contribution in [3.8, 4) is 11.3 Å². The zero-order valence-corrected chi connectivity index (χ0v) is 24.7. The molecule has 0 aliphatic rings. The van der Waals surface area contributed by atoms with Crippen LogP contribution in [0, 0.1) is 0 Å². The zero-order chi connectivity index (χ0) is 29.7. The van der Waals surface area contributed by atoms with E-state index in [0.717, 1.165) is 37.9 Å². The summed E-state index contributed by atoms with van der Waals surface area (Å²) in [7, 11) is -4.41. The van der Waals surface area contributed by atoms with Crippen LogP contribution in [-0.2, 0) is 21.3 Å². The van der Waals surface area contributed by atoms with Gasteiger partial charge in [-0.2, -0.15) is 0 Å². The number of halogens is 1. The molecule has 8 nitrogen and oxygen atoms in total. The quantitative estimate of drug-likeness (QED) is 0.177. The Balaban J connectivity index is 1.29. The number of carbonyl (C=O) groups excluding carboxylic acids is 2. The molecule has 10 heteroatoms. The summed E-state index contributed by atoms with van der Waals surface area (Å²) in [5.74, 6) is -1.12. The molecule has 0 aliphatic heterocycles. The molecule has 2 amide bonds. The normalized spacial score (nSPS) is 12.1. The lowest BCUT2D eigenvalue weighted by Gasteiger charge is -2.18. The van der Waals surface area contributed by atoms with Gasteiger partial charge in [0.05, 0.1) is 21.8 Å². The molecule has 2 N–H and O–H groups in total. The van der Waals surface area contributed by atoms with E-state index >= 15 is 0 Å². The standard InChI is InChI=1S/C32H27BrN2O6S/c33-26-13-9-22(10-14-26)28(19-21-5-7-24(8-6-21)31(36)34-17-18-42(38,39)40)32(37)35-27-15-11-23(12-16-27)30-20-25-3-1-2-4-29(25)41-30/h1-16,20,28H,17-19H2,(H,34,36)(H,35,37)(H,38,39,40)/p-1. The maximum absolute atomic E-state index is 13.6. The molecule has 0 radical (unpaired) electrons. The molecule has 1 heterocycles. The lowest BCUT2D eigenvalue weighted by molar-refractivity contribution is -0.117. The van der Waals surface area contributed by atoms with Gasteiger partial charge in [-0.25, -0.2) is 8.42 Å². The second-order valence-electron chi connectivity index (χ2n) is 9.74. The summed E-state index contributed by atoms with van der Waals surface area (Å²) < 4.78 is 39.1. The Kier molecular flexibility index (Phi) is 8.86. The van der Waals surface area contributed by atoms with Crippen molar-refractivity contribution in [1.29, 1.82) is 0 Å². The molecule has 1 unspecified atom stereocenters. The predicted octanol–water partition coefficient (Wildman–Crippen LogP) is 6.10. The fourth-order valence-corrected chi connectivity index (χ4v) is 5.16. The molecule has 1 atom stereocenters. The molecule has 4 aromatic carbocycles. The van der Waals surface area contributed by atoms with E-state index in [-0.39, 0.29) is 12.5 Å². The first-order valence-corrected chi connectivity index (χ1v) is 15.5. The molecule has 0 saturated carbocycles. The first-order valence-electron chi connectivity index (χ1n) is 13.1. The number of benzene rings is 4. The van der Waals surface area contributed by atoms with Crippen LogP contribution < -0.4 is 10.6 Å². The summed E-state index contributed by atoms with van der Waals surface area (Å²) in [6.07, 6.45) is 0.376. The van der Waals surface area contributed by atoms with E-state index in [4.69, 9.17) is 4.42 Å². The van der Waals surface area contributed by atoms with Crippen LogP contribution in [0.15, 0.2) is 112 Å². The van der Waals surface area contributed by atoms with Gasteiger partial charge < -0.3 is 19.6 Å². The van der Waals surface area contributed by atoms with Crippen LogP contribution in [0.4, 0.5) is 5.69 Å². The highest BCUT2D eigenvalue weighted by molar-refractivity contribution is 9.10. The molecular weight excluding hydrogens is 620 g/mol. The second kappa shape index (κ2) is 12.7. The predicted molar refractivity (Wildman–Crippen MR) is 164 cm³/mol. The Hall–Kier alpha value is -4.25. The number of hydrogen-bond donors (Lipinski definition) is 2. The van der Waals surface area contributed by atoms with Gasteiger partial charge in [-0.1, -0.05) is 58.4 Å². The summed E-state index contributed by atoms with van der Waals surface area (Å²) in [6.45, 7) is -0.266.